The van der Waals surface area contributed by atoms with Crippen LogP contribution in [-0.4, -0.2) is 23.6 Å². The number of anilines is 1. The van der Waals surface area contributed by atoms with Gasteiger partial charge in [0.15, 0.2) is 0 Å². The van der Waals surface area contributed by atoms with Crippen LogP contribution < -0.4 is 16.4 Å². The van der Waals surface area contributed by atoms with Crippen LogP contribution in [0.4, 0.5) is 5.69 Å². The fraction of sp³-hybridized carbons (Fsp3) is 0.265. The number of nitrogens with two attached hydrogens (primary N) is 1. The van der Waals surface area contributed by atoms with E-state index in [9.17, 15) is 9.90 Å². The van der Waals surface area contributed by atoms with Crippen molar-refractivity contribution in [2.75, 3.05) is 11.9 Å². The molecule has 5 heteroatoms. The van der Waals surface area contributed by atoms with Crippen molar-refractivity contribution in [3.05, 3.63) is 129 Å². The number of hydrogen-bond donors (Lipinski definition) is 4. The van der Waals surface area contributed by atoms with E-state index in [-0.39, 0.29) is 17.7 Å². The number of aromatic hydroxyl groups is 1. The van der Waals surface area contributed by atoms with Gasteiger partial charge < -0.3 is 21.5 Å². The van der Waals surface area contributed by atoms with Gasteiger partial charge in [-0.2, -0.15) is 0 Å². The van der Waals surface area contributed by atoms with Gasteiger partial charge in [-0.15, -0.1) is 0 Å². The molecule has 0 aliphatic carbocycles. The normalized spacial score (nSPS) is 15.2. The van der Waals surface area contributed by atoms with Crippen LogP contribution in [0.15, 0.2) is 84.9 Å². The summed E-state index contributed by atoms with van der Waals surface area (Å²) in [6.45, 7) is 4.67. The lowest BCUT2D eigenvalue weighted by atomic mass is 9.88. The number of benzene rings is 4. The number of phenols is 1. The molecule has 0 bridgehead atoms. The molecule has 0 saturated heterocycles. The third-order valence-corrected chi connectivity index (χ3v) is 7.67. The van der Waals surface area contributed by atoms with Crippen LogP contribution >= 0.6 is 0 Å². The van der Waals surface area contributed by atoms with E-state index in [1.54, 1.807) is 12.1 Å². The predicted molar refractivity (Wildman–Crippen MR) is 158 cm³/mol. The van der Waals surface area contributed by atoms with Crippen molar-refractivity contribution in [1.29, 1.82) is 0 Å². The van der Waals surface area contributed by atoms with Gasteiger partial charge in [0, 0.05) is 12.2 Å². The zero-order chi connectivity index (χ0) is 27.4. The molecule has 1 aliphatic heterocycles. The summed E-state index contributed by atoms with van der Waals surface area (Å²) in [6.07, 6.45) is 2.87. The highest BCUT2D eigenvalue weighted by atomic mass is 16.3. The number of carbonyl (C=O) groups excluding carboxylic acids is 1. The summed E-state index contributed by atoms with van der Waals surface area (Å²) in [7, 11) is 0. The SMILES string of the molecule is Cc1cc(O)cc(C)c1CC(N)C(=O)NC1CCNc2c(Cc3ccccc3)cc(Cc3ccccc3)cc21. The van der Waals surface area contributed by atoms with Crippen LogP contribution in [-0.2, 0) is 24.1 Å². The Morgan fingerprint density at radius 2 is 1.54 bits per heavy atom. The Morgan fingerprint density at radius 1 is 0.923 bits per heavy atom. The van der Waals surface area contributed by atoms with E-state index in [0.29, 0.717) is 6.42 Å². The second-order valence-corrected chi connectivity index (χ2v) is 10.7. The molecule has 5 rings (SSSR count). The molecule has 4 aromatic rings. The van der Waals surface area contributed by atoms with Gasteiger partial charge in [-0.3, -0.25) is 4.79 Å². The topological polar surface area (TPSA) is 87.4 Å². The smallest absolute Gasteiger partial charge is 0.237 e. The Bertz CT molecular complexity index is 1430. The van der Waals surface area contributed by atoms with Crippen molar-refractivity contribution >= 4 is 11.6 Å². The van der Waals surface area contributed by atoms with Crippen LogP contribution in [0.1, 0.15) is 57.0 Å². The number of carbonyl (C=O) groups is 1. The molecule has 5 nitrogen and oxygen atoms in total. The van der Waals surface area contributed by atoms with Gasteiger partial charge in [-0.25, -0.2) is 0 Å². The fourth-order valence-electron chi connectivity index (χ4n) is 5.70. The minimum atomic E-state index is -0.679. The van der Waals surface area contributed by atoms with Crippen LogP contribution in [0, 0.1) is 13.8 Å². The quantitative estimate of drug-likeness (QED) is 0.239. The first-order valence-corrected chi connectivity index (χ1v) is 13.7. The lowest BCUT2D eigenvalue weighted by Gasteiger charge is -2.31. The average molecular weight is 520 g/mol. The number of fused-ring (bicyclic) bond motifs is 1. The largest absolute Gasteiger partial charge is 0.508 e. The number of nitrogens with one attached hydrogen (secondary N) is 2. The Hall–Kier alpha value is -4.09. The first-order valence-electron chi connectivity index (χ1n) is 13.7. The molecular formula is C34H37N3O2. The molecule has 1 amide bonds. The number of rotatable bonds is 8. The number of amides is 1. The molecule has 1 aliphatic rings. The molecule has 0 radical (unpaired) electrons. The molecule has 200 valence electrons. The number of aryl methyl sites for hydroxylation is 2. The minimum Gasteiger partial charge on any atom is -0.508 e. The van der Waals surface area contributed by atoms with Gasteiger partial charge >= 0.3 is 0 Å². The number of hydrogen-bond acceptors (Lipinski definition) is 4. The zero-order valence-electron chi connectivity index (χ0n) is 22.7. The summed E-state index contributed by atoms with van der Waals surface area (Å²) >= 11 is 0. The van der Waals surface area contributed by atoms with Crippen molar-refractivity contribution in [2.24, 2.45) is 5.73 Å². The van der Waals surface area contributed by atoms with E-state index in [0.717, 1.165) is 53.7 Å². The van der Waals surface area contributed by atoms with E-state index in [2.05, 4.69) is 71.3 Å². The van der Waals surface area contributed by atoms with Crippen molar-refractivity contribution in [3.8, 4) is 5.75 Å². The Morgan fingerprint density at radius 3 is 2.18 bits per heavy atom. The van der Waals surface area contributed by atoms with E-state index in [4.69, 9.17) is 5.73 Å². The first-order chi connectivity index (χ1) is 18.9. The van der Waals surface area contributed by atoms with Gasteiger partial charge in [-0.05, 0) is 96.2 Å². The molecule has 39 heavy (non-hydrogen) atoms. The van der Waals surface area contributed by atoms with E-state index in [1.807, 2.05) is 26.0 Å². The maximum absolute atomic E-state index is 13.4. The standard InChI is InChI=1S/C34H37N3O2/c1-22-15-28(38)16-23(2)29(22)21-31(35)34(39)37-32-13-14-36-33-27(18-25-11-7-4-8-12-25)19-26(20-30(32)33)17-24-9-5-3-6-10-24/h3-12,15-16,19-20,31-32,36,38H,13-14,17-18,21,35H2,1-2H3,(H,37,39). The van der Waals surface area contributed by atoms with Crippen molar-refractivity contribution in [3.63, 3.8) is 0 Å². The lowest BCUT2D eigenvalue weighted by molar-refractivity contribution is -0.123. The van der Waals surface area contributed by atoms with Crippen molar-refractivity contribution in [1.82, 2.24) is 5.32 Å². The van der Waals surface area contributed by atoms with E-state index < -0.39 is 6.04 Å². The van der Waals surface area contributed by atoms with Crippen LogP contribution in [0.5, 0.6) is 5.75 Å². The van der Waals surface area contributed by atoms with E-state index in [1.165, 1.54) is 22.3 Å². The van der Waals surface area contributed by atoms with Crippen LogP contribution in [0.3, 0.4) is 0 Å². The molecule has 0 spiro atoms. The molecule has 2 unspecified atom stereocenters. The summed E-state index contributed by atoms with van der Waals surface area (Å²) in [5.41, 5.74) is 16.6. The second kappa shape index (κ2) is 11.7. The molecule has 1 heterocycles. The van der Waals surface area contributed by atoms with Gasteiger partial charge in [-0.1, -0.05) is 72.8 Å². The Labute approximate surface area is 231 Å². The summed E-state index contributed by atoms with van der Waals surface area (Å²) in [5.74, 6) is 0.0773. The van der Waals surface area contributed by atoms with Crippen molar-refractivity contribution < 1.29 is 9.90 Å². The third kappa shape index (κ3) is 6.32. The first kappa shape index (κ1) is 26.5. The summed E-state index contributed by atoms with van der Waals surface area (Å²) < 4.78 is 0. The Kier molecular flexibility index (Phi) is 7.99. The monoisotopic (exact) mass is 519 g/mol. The lowest BCUT2D eigenvalue weighted by Crippen LogP contribution is -2.45. The molecule has 0 saturated carbocycles. The second-order valence-electron chi connectivity index (χ2n) is 10.7. The van der Waals surface area contributed by atoms with Gasteiger partial charge in [0.1, 0.15) is 5.75 Å². The molecule has 0 fully saturated rings. The van der Waals surface area contributed by atoms with Gasteiger partial charge in [0.25, 0.3) is 0 Å². The molecule has 5 N–H and O–H groups in total. The molecular weight excluding hydrogens is 482 g/mol. The fourth-order valence-corrected chi connectivity index (χ4v) is 5.70. The third-order valence-electron chi connectivity index (χ3n) is 7.67. The highest BCUT2D eigenvalue weighted by molar-refractivity contribution is 5.83. The minimum absolute atomic E-state index is 0.118. The molecule has 2 atom stereocenters. The molecule has 0 aromatic heterocycles. The predicted octanol–water partition coefficient (Wildman–Crippen LogP) is 5.73. The van der Waals surface area contributed by atoms with Crippen LogP contribution in [0.2, 0.25) is 0 Å². The summed E-state index contributed by atoms with van der Waals surface area (Å²) in [4.78, 5) is 13.4. The zero-order valence-corrected chi connectivity index (χ0v) is 22.7. The Balaban J connectivity index is 1.42. The van der Waals surface area contributed by atoms with Gasteiger partial charge in [0.2, 0.25) is 5.91 Å². The highest BCUT2D eigenvalue weighted by Gasteiger charge is 2.27. The summed E-state index contributed by atoms with van der Waals surface area (Å²) in [5, 5.41) is 16.8. The van der Waals surface area contributed by atoms with Crippen LogP contribution in [0.25, 0.3) is 0 Å². The van der Waals surface area contributed by atoms with E-state index >= 15 is 0 Å². The number of phenolic OH excluding ortho intramolecular Hbond substituents is 1. The maximum atomic E-state index is 13.4. The maximum Gasteiger partial charge on any atom is 0.237 e. The van der Waals surface area contributed by atoms with Gasteiger partial charge in [0.05, 0.1) is 12.1 Å². The highest BCUT2D eigenvalue weighted by Crippen LogP contribution is 2.36. The summed E-state index contributed by atoms with van der Waals surface area (Å²) in [6, 6.07) is 28.2. The van der Waals surface area contributed by atoms with Crippen molar-refractivity contribution in [2.45, 2.75) is 51.6 Å². The average Bonchev–Trinajstić information content (AvgIpc) is 2.92. The molecule has 4 aromatic carbocycles.